The Morgan fingerprint density at radius 1 is 0.812 bits per heavy atom. The highest BCUT2D eigenvalue weighted by molar-refractivity contribution is 7.12. The van der Waals surface area contributed by atoms with E-state index in [1.807, 2.05) is 41.8 Å². The summed E-state index contributed by atoms with van der Waals surface area (Å²) in [5, 5.41) is 7.56. The van der Waals surface area contributed by atoms with Gasteiger partial charge in [-0.3, -0.25) is 14.4 Å². The summed E-state index contributed by atoms with van der Waals surface area (Å²) < 4.78 is 1.64. The molecule has 0 aliphatic rings. The number of nitrogens with zero attached hydrogens (tertiary/aromatic N) is 1. The van der Waals surface area contributed by atoms with Crippen molar-refractivity contribution in [3.63, 3.8) is 0 Å². The molecule has 4 rings (SSSR count). The van der Waals surface area contributed by atoms with E-state index in [4.69, 9.17) is 0 Å². The summed E-state index contributed by atoms with van der Waals surface area (Å²) in [6.45, 7) is 0.892. The predicted octanol–water partition coefficient (Wildman–Crippen LogP) is 4.14. The molecule has 2 heterocycles. The fraction of sp³-hybridized carbons (Fsp3) is 0.0800. The lowest BCUT2D eigenvalue weighted by Gasteiger charge is -2.09. The topological polar surface area (TPSA) is 80.2 Å². The summed E-state index contributed by atoms with van der Waals surface area (Å²) in [7, 11) is 0. The molecule has 0 fully saturated rings. The minimum atomic E-state index is -0.193. The Morgan fingerprint density at radius 3 is 2.25 bits per heavy atom. The smallest absolute Gasteiger partial charge is 0.265 e. The lowest BCUT2D eigenvalue weighted by molar-refractivity contribution is 0.0950. The van der Waals surface area contributed by atoms with Gasteiger partial charge in [-0.2, -0.15) is 0 Å². The third-order valence-corrected chi connectivity index (χ3v) is 5.75. The van der Waals surface area contributed by atoms with Crippen molar-refractivity contribution in [2.24, 2.45) is 0 Å². The summed E-state index contributed by atoms with van der Waals surface area (Å²) in [6, 6.07) is 23.2. The molecule has 32 heavy (non-hydrogen) atoms. The Labute approximate surface area is 189 Å². The van der Waals surface area contributed by atoms with E-state index in [2.05, 4.69) is 10.6 Å². The molecule has 0 aliphatic heterocycles. The van der Waals surface area contributed by atoms with Crippen molar-refractivity contribution in [1.82, 2.24) is 9.88 Å². The molecule has 4 aromatic rings. The normalized spacial score (nSPS) is 10.5. The van der Waals surface area contributed by atoms with E-state index in [9.17, 15) is 14.4 Å². The van der Waals surface area contributed by atoms with Gasteiger partial charge in [-0.1, -0.05) is 36.4 Å². The number of carbonyl (C=O) groups is 2. The van der Waals surface area contributed by atoms with Crippen LogP contribution in [0, 0.1) is 0 Å². The van der Waals surface area contributed by atoms with Crippen molar-refractivity contribution >= 4 is 28.8 Å². The zero-order chi connectivity index (χ0) is 22.3. The molecule has 0 radical (unpaired) electrons. The van der Waals surface area contributed by atoms with Crippen LogP contribution in [0.3, 0.4) is 0 Å². The van der Waals surface area contributed by atoms with Gasteiger partial charge in [0, 0.05) is 30.1 Å². The highest BCUT2D eigenvalue weighted by Crippen LogP contribution is 2.14. The molecular formula is C25H21N3O3S. The summed E-state index contributed by atoms with van der Waals surface area (Å²) in [5.41, 5.74) is 3.07. The summed E-state index contributed by atoms with van der Waals surface area (Å²) in [5.74, 6) is -0.362. The fourth-order valence-electron chi connectivity index (χ4n) is 3.14. The van der Waals surface area contributed by atoms with Crippen molar-refractivity contribution in [3.05, 3.63) is 122 Å². The standard InChI is InChI=1S/C25H21N3O3S/c29-23-5-1-2-14-28(23)17-19-8-6-18(7-9-19)16-26-24(30)20-10-12-21(13-11-20)27-25(31)22-4-3-15-32-22/h1-15H,16-17H2,(H,26,30)(H,27,31). The quantitative estimate of drug-likeness (QED) is 0.451. The summed E-state index contributed by atoms with van der Waals surface area (Å²) in [4.78, 5) is 37.0. The van der Waals surface area contributed by atoms with Gasteiger partial charge in [0.1, 0.15) is 0 Å². The predicted molar refractivity (Wildman–Crippen MR) is 126 cm³/mol. The maximum Gasteiger partial charge on any atom is 0.265 e. The van der Waals surface area contributed by atoms with Crippen LogP contribution in [0.1, 0.15) is 31.2 Å². The maximum absolute atomic E-state index is 12.4. The number of pyridine rings is 1. The van der Waals surface area contributed by atoms with Crippen LogP contribution in [-0.4, -0.2) is 16.4 Å². The lowest BCUT2D eigenvalue weighted by Crippen LogP contribution is -2.23. The zero-order valence-electron chi connectivity index (χ0n) is 17.2. The Hall–Kier alpha value is -3.97. The van der Waals surface area contributed by atoms with Crippen molar-refractivity contribution in [2.45, 2.75) is 13.1 Å². The largest absolute Gasteiger partial charge is 0.348 e. The van der Waals surface area contributed by atoms with Crippen molar-refractivity contribution in [3.8, 4) is 0 Å². The molecule has 2 aromatic heterocycles. The molecule has 0 spiro atoms. The van der Waals surface area contributed by atoms with E-state index in [0.29, 0.717) is 29.2 Å². The molecule has 2 aromatic carbocycles. The molecule has 0 saturated carbocycles. The second-order valence-corrected chi connectivity index (χ2v) is 8.12. The molecule has 0 bridgehead atoms. The Morgan fingerprint density at radius 2 is 1.56 bits per heavy atom. The number of anilines is 1. The molecule has 0 unspecified atom stereocenters. The van der Waals surface area contributed by atoms with Gasteiger partial charge >= 0.3 is 0 Å². The van der Waals surface area contributed by atoms with Crippen molar-refractivity contribution in [2.75, 3.05) is 5.32 Å². The molecule has 160 valence electrons. The van der Waals surface area contributed by atoms with Crippen LogP contribution in [0.4, 0.5) is 5.69 Å². The van der Waals surface area contributed by atoms with E-state index >= 15 is 0 Å². The minimum Gasteiger partial charge on any atom is -0.348 e. The summed E-state index contributed by atoms with van der Waals surface area (Å²) in [6.07, 6.45) is 1.76. The monoisotopic (exact) mass is 443 g/mol. The van der Waals surface area contributed by atoms with Crippen LogP contribution in [0.2, 0.25) is 0 Å². The second-order valence-electron chi connectivity index (χ2n) is 7.17. The fourth-order valence-corrected chi connectivity index (χ4v) is 3.76. The molecule has 0 atom stereocenters. The summed E-state index contributed by atoms with van der Waals surface area (Å²) >= 11 is 1.37. The first-order valence-corrected chi connectivity index (χ1v) is 10.9. The first kappa shape index (κ1) is 21.3. The molecule has 0 aliphatic carbocycles. The highest BCUT2D eigenvalue weighted by atomic mass is 32.1. The molecule has 6 nitrogen and oxygen atoms in total. The van der Waals surface area contributed by atoms with E-state index < -0.39 is 0 Å². The average molecular weight is 444 g/mol. The molecule has 2 N–H and O–H groups in total. The number of thiophene rings is 1. The first-order chi connectivity index (χ1) is 15.6. The van der Waals surface area contributed by atoms with E-state index in [1.165, 1.54) is 17.4 Å². The SMILES string of the molecule is O=C(NCc1ccc(Cn2ccccc2=O)cc1)c1ccc(NC(=O)c2cccs2)cc1. The molecule has 2 amide bonds. The minimum absolute atomic E-state index is 0.0408. The lowest BCUT2D eigenvalue weighted by atomic mass is 10.1. The van der Waals surface area contributed by atoms with Gasteiger partial charge in [0.2, 0.25) is 0 Å². The van der Waals surface area contributed by atoms with E-state index in [0.717, 1.165) is 11.1 Å². The van der Waals surface area contributed by atoms with Gasteiger partial charge in [-0.25, -0.2) is 0 Å². The Bertz CT molecular complexity index is 1260. The van der Waals surface area contributed by atoms with Gasteiger partial charge in [0.25, 0.3) is 17.4 Å². The van der Waals surface area contributed by atoms with Gasteiger partial charge in [-0.15, -0.1) is 11.3 Å². The number of benzene rings is 2. The first-order valence-electron chi connectivity index (χ1n) is 10.0. The van der Waals surface area contributed by atoms with E-state index in [-0.39, 0.29) is 17.4 Å². The molecule has 7 heteroatoms. The number of hydrogen-bond donors (Lipinski definition) is 2. The van der Waals surface area contributed by atoms with Gasteiger partial charge in [0.05, 0.1) is 11.4 Å². The molecule has 0 saturated heterocycles. The van der Waals surface area contributed by atoms with Gasteiger partial charge in [-0.05, 0) is 52.9 Å². The van der Waals surface area contributed by atoms with Gasteiger partial charge in [0.15, 0.2) is 0 Å². The van der Waals surface area contributed by atoms with Crippen LogP contribution in [0.5, 0.6) is 0 Å². The molecular weight excluding hydrogens is 422 g/mol. The van der Waals surface area contributed by atoms with Gasteiger partial charge < -0.3 is 15.2 Å². The average Bonchev–Trinajstić information content (AvgIpc) is 3.36. The number of aromatic nitrogens is 1. The van der Waals surface area contributed by atoms with Crippen LogP contribution in [-0.2, 0) is 13.1 Å². The third-order valence-electron chi connectivity index (χ3n) is 4.88. The van der Waals surface area contributed by atoms with Crippen molar-refractivity contribution < 1.29 is 9.59 Å². The van der Waals surface area contributed by atoms with Crippen LogP contribution in [0.15, 0.2) is 95.2 Å². The zero-order valence-corrected chi connectivity index (χ0v) is 18.0. The van der Waals surface area contributed by atoms with Crippen LogP contribution >= 0.6 is 11.3 Å². The number of rotatable bonds is 7. The third kappa shape index (κ3) is 5.39. The number of amides is 2. The number of nitrogens with one attached hydrogen (secondary N) is 2. The van der Waals surface area contributed by atoms with Crippen LogP contribution < -0.4 is 16.2 Å². The second kappa shape index (κ2) is 9.89. The Kier molecular flexibility index (Phi) is 6.57. The van der Waals surface area contributed by atoms with E-state index in [1.54, 1.807) is 47.2 Å². The highest BCUT2D eigenvalue weighted by Gasteiger charge is 2.09. The number of carbonyl (C=O) groups excluding carboxylic acids is 2. The van der Waals surface area contributed by atoms with Crippen LogP contribution in [0.25, 0.3) is 0 Å². The Balaban J connectivity index is 1.30. The maximum atomic E-state index is 12.4. The van der Waals surface area contributed by atoms with Crippen molar-refractivity contribution in [1.29, 1.82) is 0 Å². The number of hydrogen-bond acceptors (Lipinski definition) is 4.